The van der Waals surface area contributed by atoms with Crippen LogP contribution in [0.2, 0.25) is 0 Å². The number of carbonyl (C=O) groups is 1. The lowest BCUT2D eigenvalue weighted by Gasteiger charge is -2.09. The van der Waals surface area contributed by atoms with Crippen LogP contribution in [0.3, 0.4) is 0 Å². The second kappa shape index (κ2) is 8.32. The second-order valence-corrected chi connectivity index (χ2v) is 7.19. The van der Waals surface area contributed by atoms with Gasteiger partial charge in [0.25, 0.3) is 5.91 Å². The van der Waals surface area contributed by atoms with E-state index in [-0.39, 0.29) is 5.91 Å². The van der Waals surface area contributed by atoms with Crippen molar-refractivity contribution in [1.82, 2.24) is 4.98 Å². The molecule has 1 aromatic heterocycles. The lowest BCUT2D eigenvalue weighted by Crippen LogP contribution is -2.13. The largest absolute Gasteiger partial charge is 0.497 e. The molecule has 1 N–H and O–H groups in total. The number of carbonyl (C=O) groups excluding carboxylic acids is 1. The highest BCUT2D eigenvalue weighted by atomic mass is 79.9. The average molecular weight is 449 g/mol. The summed E-state index contributed by atoms with van der Waals surface area (Å²) in [7, 11) is 1.58. The summed E-state index contributed by atoms with van der Waals surface area (Å²) in [4.78, 5) is 17.3. The Labute approximate surface area is 176 Å². The van der Waals surface area contributed by atoms with Gasteiger partial charge in [-0.05, 0) is 36.4 Å². The molecule has 0 aliphatic rings. The summed E-state index contributed by atoms with van der Waals surface area (Å²) in [6.45, 7) is 0. The molecular weight excluding hydrogens is 432 g/mol. The van der Waals surface area contributed by atoms with Gasteiger partial charge in [0.15, 0.2) is 5.76 Å². The number of aromatic nitrogens is 1. The molecule has 1 heterocycles. The molecule has 0 atom stereocenters. The van der Waals surface area contributed by atoms with Gasteiger partial charge in [-0.15, -0.1) is 0 Å². The van der Waals surface area contributed by atoms with Crippen LogP contribution in [0.25, 0.3) is 22.8 Å². The molecule has 0 bridgehead atoms. The molecule has 29 heavy (non-hydrogen) atoms. The van der Waals surface area contributed by atoms with Gasteiger partial charge in [-0.1, -0.05) is 46.3 Å². The maximum atomic E-state index is 12.9. The number of hydrogen-bond donors (Lipinski definition) is 1. The monoisotopic (exact) mass is 448 g/mol. The zero-order valence-electron chi connectivity index (χ0n) is 15.6. The number of oxazole rings is 1. The Balaban J connectivity index is 1.64. The molecule has 0 radical (unpaired) electrons. The lowest BCUT2D eigenvalue weighted by molar-refractivity contribution is 0.102. The van der Waals surface area contributed by atoms with E-state index in [1.165, 1.54) is 0 Å². The summed E-state index contributed by atoms with van der Waals surface area (Å²) < 4.78 is 12.1. The third-order valence-electron chi connectivity index (χ3n) is 4.34. The van der Waals surface area contributed by atoms with Crippen molar-refractivity contribution >= 4 is 27.5 Å². The summed E-state index contributed by atoms with van der Waals surface area (Å²) in [5.41, 5.74) is 2.63. The van der Waals surface area contributed by atoms with E-state index in [1.807, 2.05) is 54.6 Å². The predicted octanol–water partition coefficient (Wildman–Crippen LogP) is 6.03. The van der Waals surface area contributed by atoms with Gasteiger partial charge in [0.1, 0.15) is 5.75 Å². The Kier molecular flexibility index (Phi) is 5.44. The molecule has 3 aromatic carbocycles. The normalized spacial score (nSPS) is 10.6. The summed E-state index contributed by atoms with van der Waals surface area (Å²) in [5, 5.41) is 2.89. The summed E-state index contributed by atoms with van der Waals surface area (Å²) in [6, 6.07) is 22.2. The van der Waals surface area contributed by atoms with E-state index >= 15 is 0 Å². The molecule has 144 valence electrons. The zero-order chi connectivity index (χ0) is 20.2. The predicted molar refractivity (Wildman–Crippen MR) is 116 cm³/mol. The second-order valence-electron chi connectivity index (χ2n) is 6.27. The van der Waals surface area contributed by atoms with E-state index in [9.17, 15) is 4.79 Å². The SMILES string of the molecule is COc1cccc(NC(=O)c2ccccc2-c2ncc(-c3cccc(Br)c3)o2)c1. The molecule has 4 aromatic rings. The highest BCUT2D eigenvalue weighted by Crippen LogP contribution is 2.30. The van der Waals surface area contributed by atoms with Gasteiger partial charge < -0.3 is 14.5 Å². The Morgan fingerprint density at radius 1 is 1.03 bits per heavy atom. The van der Waals surface area contributed by atoms with Crippen molar-refractivity contribution in [3.63, 3.8) is 0 Å². The molecule has 0 spiro atoms. The van der Waals surface area contributed by atoms with Crippen LogP contribution in [0.1, 0.15) is 10.4 Å². The molecular formula is C23H17BrN2O3. The molecule has 0 aliphatic carbocycles. The van der Waals surface area contributed by atoms with Crippen LogP contribution in [-0.2, 0) is 0 Å². The first-order valence-corrected chi connectivity index (χ1v) is 9.70. The Hall–Kier alpha value is -3.38. The molecule has 5 nitrogen and oxygen atoms in total. The number of hydrogen-bond acceptors (Lipinski definition) is 4. The van der Waals surface area contributed by atoms with E-state index in [2.05, 4.69) is 26.2 Å². The summed E-state index contributed by atoms with van der Waals surface area (Å²) in [6.07, 6.45) is 1.66. The number of nitrogens with zero attached hydrogens (tertiary/aromatic N) is 1. The number of anilines is 1. The number of rotatable bonds is 5. The van der Waals surface area contributed by atoms with Crippen LogP contribution in [0.4, 0.5) is 5.69 Å². The third kappa shape index (κ3) is 4.22. The van der Waals surface area contributed by atoms with Gasteiger partial charge in [0.05, 0.1) is 18.9 Å². The first kappa shape index (κ1) is 19.0. The number of amides is 1. The maximum Gasteiger partial charge on any atom is 0.256 e. The van der Waals surface area contributed by atoms with Gasteiger partial charge in [0, 0.05) is 27.4 Å². The highest BCUT2D eigenvalue weighted by Gasteiger charge is 2.17. The molecule has 1 amide bonds. The third-order valence-corrected chi connectivity index (χ3v) is 4.84. The van der Waals surface area contributed by atoms with E-state index in [1.54, 1.807) is 31.5 Å². The molecule has 0 aliphatic heterocycles. The Morgan fingerprint density at radius 2 is 1.86 bits per heavy atom. The van der Waals surface area contributed by atoms with Gasteiger partial charge in [-0.2, -0.15) is 0 Å². The number of benzene rings is 3. The molecule has 4 rings (SSSR count). The fraction of sp³-hybridized carbons (Fsp3) is 0.0435. The van der Waals surface area contributed by atoms with Crippen molar-refractivity contribution in [1.29, 1.82) is 0 Å². The van der Waals surface area contributed by atoms with E-state index in [0.29, 0.717) is 34.2 Å². The van der Waals surface area contributed by atoms with E-state index < -0.39 is 0 Å². The Bertz CT molecular complexity index is 1170. The standard InChI is InChI=1S/C23H17BrN2O3/c1-28-18-9-5-8-17(13-18)26-22(27)19-10-2-3-11-20(19)23-25-14-21(29-23)15-6-4-7-16(24)12-15/h2-14H,1H3,(H,26,27). The summed E-state index contributed by atoms with van der Waals surface area (Å²) in [5.74, 6) is 1.43. The van der Waals surface area contributed by atoms with Crippen LogP contribution >= 0.6 is 15.9 Å². The van der Waals surface area contributed by atoms with Crippen molar-refractivity contribution in [2.45, 2.75) is 0 Å². The van der Waals surface area contributed by atoms with Crippen LogP contribution in [0.15, 0.2) is 87.9 Å². The van der Waals surface area contributed by atoms with Gasteiger partial charge >= 0.3 is 0 Å². The maximum absolute atomic E-state index is 12.9. The van der Waals surface area contributed by atoms with Gasteiger partial charge in [-0.3, -0.25) is 4.79 Å². The van der Waals surface area contributed by atoms with Crippen LogP contribution in [0, 0.1) is 0 Å². The fourth-order valence-electron chi connectivity index (χ4n) is 2.94. The minimum atomic E-state index is -0.254. The number of ether oxygens (including phenoxy) is 1. The van der Waals surface area contributed by atoms with E-state index in [4.69, 9.17) is 9.15 Å². The topological polar surface area (TPSA) is 64.4 Å². The average Bonchev–Trinajstić information content (AvgIpc) is 3.24. The smallest absolute Gasteiger partial charge is 0.256 e. The minimum Gasteiger partial charge on any atom is -0.497 e. The van der Waals surface area contributed by atoms with Crippen molar-refractivity contribution in [3.8, 4) is 28.5 Å². The van der Waals surface area contributed by atoms with Crippen molar-refractivity contribution < 1.29 is 13.9 Å². The molecule has 0 saturated carbocycles. The number of halogens is 1. The quantitative estimate of drug-likeness (QED) is 0.404. The molecule has 0 saturated heterocycles. The van der Waals surface area contributed by atoms with E-state index in [0.717, 1.165) is 10.0 Å². The van der Waals surface area contributed by atoms with Gasteiger partial charge in [0.2, 0.25) is 5.89 Å². The lowest BCUT2D eigenvalue weighted by atomic mass is 10.1. The van der Waals surface area contributed by atoms with Crippen LogP contribution < -0.4 is 10.1 Å². The number of methoxy groups -OCH3 is 1. The van der Waals surface area contributed by atoms with Crippen molar-refractivity contribution in [2.75, 3.05) is 12.4 Å². The first-order chi connectivity index (χ1) is 14.1. The fourth-order valence-corrected chi connectivity index (χ4v) is 3.34. The molecule has 0 fully saturated rings. The van der Waals surface area contributed by atoms with Crippen LogP contribution in [0.5, 0.6) is 5.75 Å². The molecule has 0 unspecified atom stereocenters. The number of nitrogens with one attached hydrogen (secondary N) is 1. The zero-order valence-corrected chi connectivity index (χ0v) is 17.1. The van der Waals surface area contributed by atoms with Gasteiger partial charge in [-0.25, -0.2) is 4.98 Å². The first-order valence-electron chi connectivity index (χ1n) is 8.90. The summed E-state index contributed by atoms with van der Waals surface area (Å²) >= 11 is 3.46. The van der Waals surface area contributed by atoms with Crippen LogP contribution in [-0.4, -0.2) is 18.0 Å². The minimum absolute atomic E-state index is 0.254. The Morgan fingerprint density at radius 3 is 2.69 bits per heavy atom. The molecule has 6 heteroatoms. The highest BCUT2D eigenvalue weighted by molar-refractivity contribution is 9.10. The van der Waals surface area contributed by atoms with Crippen molar-refractivity contribution in [3.05, 3.63) is 89.0 Å². The van der Waals surface area contributed by atoms with Crippen molar-refractivity contribution in [2.24, 2.45) is 0 Å².